The van der Waals surface area contributed by atoms with Gasteiger partial charge >= 0.3 is 0 Å². The minimum absolute atomic E-state index is 0.613. The molecule has 3 nitrogen and oxygen atoms in total. The van der Waals surface area contributed by atoms with Gasteiger partial charge in [0, 0.05) is 25.2 Å². The van der Waals surface area contributed by atoms with Crippen LogP contribution in [0.25, 0.3) is 0 Å². The summed E-state index contributed by atoms with van der Waals surface area (Å²) in [7, 11) is 4.29. The van der Waals surface area contributed by atoms with E-state index in [1.165, 1.54) is 19.4 Å². The lowest BCUT2D eigenvalue weighted by atomic mass is 10.0. The molecule has 2 N–H and O–H groups in total. The van der Waals surface area contributed by atoms with E-state index in [2.05, 4.69) is 43.5 Å². The fraction of sp³-hybridized carbons (Fsp3) is 1.00. The van der Waals surface area contributed by atoms with Crippen LogP contribution >= 0.6 is 0 Å². The number of nitrogens with one attached hydrogen (secondary N) is 2. The molecule has 0 aromatic carbocycles. The molecule has 1 heterocycles. The highest BCUT2D eigenvalue weighted by molar-refractivity contribution is 4.80. The van der Waals surface area contributed by atoms with Gasteiger partial charge in [-0.2, -0.15) is 0 Å². The second-order valence-corrected chi connectivity index (χ2v) is 5.31. The molecule has 1 aliphatic rings. The van der Waals surface area contributed by atoms with E-state index < -0.39 is 0 Å². The van der Waals surface area contributed by atoms with Crippen LogP contribution in [-0.4, -0.2) is 50.7 Å². The number of hydrogen-bond acceptors (Lipinski definition) is 3. The van der Waals surface area contributed by atoms with Crippen LogP contribution in [0.4, 0.5) is 0 Å². The zero-order valence-electron chi connectivity index (χ0n) is 10.7. The smallest absolute Gasteiger partial charge is 0.0218 e. The molecule has 90 valence electrons. The summed E-state index contributed by atoms with van der Waals surface area (Å²) in [6.07, 6.45) is 2.67. The third-order valence-electron chi connectivity index (χ3n) is 3.16. The molecule has 2 atom stereocenters. The number of hydrogen-bond donors (Lipinski definition) is 2. The zero-order chi connectivity index (χ0) is 11.3. The van der Waals surface area contributed by atoms with Crippen LogP contribution in [0.5, 0.6) is 0 Å². The van der Waals surface area contributed by atoms with Crippen molar-refractivity contribution in [1.82, 2.24) is 15.5 Å². The van der Waals surface area contributed by atoms with Gasteiger partial charge in [0.15, 0.2) is 0 Å². The molecule has 0 spiro atoms. The van der Waals surface area contributed by atoms with Crippen LogP contribution in [-0.2, 0) is 0 Å². The minimum Gasteiger partial charge on any atom is -0.313 e. The van der Waals surface area contributed by atoms with E-state index in [0.717, 1.165) is 13.1 Å². The minimum atomic E-state index is 0.613. The van der Waals surface area contributed by atoms with Gasteiger partial charge in [-0.05, 0) is 39.4 Å². The Kier molecular flexibility index (Phi) is 5.58. The van der Waals surface area contributed by atoms with E-state index in [4.69, 9.17) is 0 Å². The van der Waals surface area contributed by atoms with Crippen molar-refractivity contribution >= 4 is 0 Å². The SMILES string of the molecule is CC(C)C(CN(C)C)NCC1CCCN1. The maximum Gasteiger partial charge on any atom is 0.0218 e. The molecule has 3 heteroatoms. The Hall–Kier alpha value is -0.120. The standard InChI is InChI=1S/C12H27N3/c1-10(2)12(9-15(3)4)14-8-11-6-5-7-13-11/h10-14H,5-9H2,1-4H3. The van der Waals surface area contributed by atoms with E-state index >= 15 is 0 Å². The molecule has 0 saturated carbocycles. The lowest BCUT2D eigenvalue weighted by Gasteiger charge is -2.27. The fourth-order valence-corrected chi connectivity index (χ4v) is 2.13. The predicted molar refractivity (Wildman–Crippen MR) is 66.2 cm³/mol. The fourth-order valence-electron chi connectivity index (χ4n) is 2.13. The first kappa shape index (κ1) is 12.9. The molecule has 0 aromatic rings. The zero-order valence-corrected chi connectivity index (χ0v) is 10.7. The molecule has 0 aromatic heterocycles. The Morgan fingerprint density at radius 2 is 2.13 bits per heavy atom. The molecule has 1 rings (SSSR count). The second-order valence-electron chi connectivity index (χ2n) is 5.31. The summed E-state index contributed by atoms with van der Waals surface area (Å²) in [5.41, 5.74) is 0. The molecule has 0 bridgehead atoms. The largest absolute Gasteiger partial charge is 0.313 e. The topological polar surface area (TPSA) is 27.3 Å². The summed E-state index contributed by atoms with van der Waals surface area (Å²) in [6.45, 7) is 8.04. The third kappa shape index (κ3) is 4.96. The van der Waals surface area contributed by atoms with E-state index in [1.54, 1.807) is 0 Å². The van der Waals surface area contributed by atoms with Gasteiger partial charge in [0.05, 0.1) is 0 Å². The molecule has 2 unspecified atom stereocenters. The van der Waals surface area contributed by atoms with Crippen LogP contribution in [0.3, 0.4) is 0 Å². The molecule has 0 aliphatic carbocycles. The normalized spacial score (nSPS) is 24.0. The van der Waals surface area contributed by atoms with Gasteiger partial charge in [0.25, 0.3) is 0 Å². The van der Waals surface area contributed by atoms with Crippen LogP contribution in [0.1, 0.15) is 26.7 Å². The first-order chi connectivity index (χ1) is 7.09. The Morgan fingerprint density at radius 3 is 2.60 bits per heavy atom. The number of nitrogens with zero attached hydrogens (tertiary/aromatic N) is 1. The van der Waals surface area contributed by atoms with Crippen LogP contribution in [0.2, 0.25) is 0 Å². The van der Waals surface area contributed by atoms with Crippen molar-refractivity contribution in [2.45, 2.75) is 38.8 Å². The first-order valence-corrected chi connectivity index (χ1v) is 6.21. The van der Waals surface area contributed by atoms with Crippen LogP contribution < -0.4 is 10.6 Å². The van der Waals surface area contributed by atoms with Crippen molar-refractivity contribution in [2.75, 3.05) is 33.7 Å². The number of likely N-dealkylation sites (N-methyl/N-ethyl adjacent to an activating group) is 1. The van der Waals surface area contributed by atoms with Crippen molar-refractivity contribution < 1.29 is 0 Å². The van der Waals surface area contributed by atoms with Crippen molar-refractivity contribution in [2.24, 2.45) is 5.92 Å². The van der Waals surface area contributed by atoms with E-state index in [1.807, 2.05) is 0 Å². The average molecular weight is 213 g/mol. The van der Waals surface area contributed by atoms with Gasteiger partial charge in [-0.3, -0.25) is 0 Å². The predicted octanol–water partition coefficient (Wildman–Crippen LogP) is 0.914. The highest BCUT2D eigenvalue weighted by atomic mass is 15.1. The van der Waals surface area contributed by atoms with E-state index in [-0.39, 0.29) is 0 Å². The quantitative estimate of drug-likeness (QED) is 0.687. The summed E-state index contributed by atoms with van der Waals surface area (Å²) < 4.78 is 0. The lowest BCUT2D eigenvalue weighted by Crippen LogP contribution is -2.46. The Bertz CT molecular complexity index is 162. The molecular weight excluding hydrogens is 186 g/mol. The van der Waals surface area contributed by atoms with E-state index in [9.17, 15) is 0 Å². The summed E-state index contributed by atoms with van der Waals surface area (Å²) in [5.74, 6) is 0.703. The van der Waals surface area contributed by atoms with Crippen LogP contribution in [0.15, 0.2) is 0 Å². The molecule has 15 heavy (non-hydrogen) atoms. The maximum atomic E-state index is 3.69. The summed E-state index contributed by atoms with van der Waals surface area (Å²) in [4.78, 5) is 2.26. The first-order valence-electron chi connectivity index (χ1n) is 6.21. The molecule has 0 amide bonds. The Morgan fingerprint density at radius 1 is 1.40 bits per heavy atom. The maximum absolute atomic E-state index is 3.69. The van der Waals surface area contributed by atoms with Gasteiger partial charge in [-0.1, -0.05) is 13.8 Å². The van der Waals surface area contributed by atoms with Crippen molar-refractivity contribution in [3.8, 4) is 0 Å². The van der Waals surface area contributed by atoms with Crippen molar-refractivity contribution in [1.29, 1.82) is 0 Å². The third-order valence-corrected chi connectivity index (χ3v) is 3.16. The monoisotopic (exact) mass is 213 g/mol. The number of rotatable bonds is 6. The Balaban J connectivity index is 2.24. The van der Waals surface area contributed by atoms with E-state index in [0.29, 0.717) is 18.0 Å². The summed E-state index contributed by atoms with van der Waals surface area (Å²) in [6, 6.07) is 1.32. The van der Waals surface area contributed by atoms with Gasteiger partial charge in [0.2, 0.25) is 0 Å². The molecule has 0 radical (unpaired) electrons. The molecule has 1 saturated heterocycles. The second kappa shape index (κ2) is 6.46. The van der Waals surface area contributed by atoms with Gasteiger partial charge in [0.1, 0.15) is 0 Å². The average Bonchev–Trinajstić information content (AvgIpc) is 2.63. The van der Waals surface area contributed by atoms with Gasteiger partial charge < -0.3 is 15.5 Å². The van der Waals surface area contributed by atoms with Gasteiger partial charge in [-0.15, -0.1) is 0 Å². The molecular formula is C12H27N3. The Labute approximate surface area is 94.6 Å². The van der Waals surface area contributed by atoms with Crippen molar-refractivity contribution in [3.05, 3.63) is 0 Å². The summed E-state index contributed by atoms with van der Waals surface area (Å²) >= 11 is 0. The molecule has 1 aliphatic heterocycles. The van der Waals surface area contributed by atoms with Gasteiger partial charge in [-0.25, -0.2) is 0 Å². The molecule has 1 fully saturated rings. The van der Waals surface area contributed by atoms with Crippen molar-refractivity contribution in [3.63, 3.8) is 0 Å². The highest BCUT2D eigenvalue weighted by Crippen LogP contribution is 2.06. The lowest BCUT2D eigenvalue weighted by molar-refractivity contribution is 0.283. The highest BCUT2D eigenvalue weighted by Gasteiger charge is 2.18. The van der Waals surface area contributed by atoms with Crippen LogP contribution in [0, 0.1) is 5.92 Å². The summed E-state index contributed by atoms with van der Waals surface area (Å²) in [5, 5.41) is 7.22.